The summed E-state index contributed by atoms with van der Waals surface area (Å²) < 4.78 is 6.96. The van der Waals surface area contributed by atoms with Crippen molar-refractivity contribution in [3.8, 4) is 5.69 Å². The monoisotopic (exact) mass is 403 g/mol. The van der Waals surface area contributed by atoms with Crippen molar-refractivity contribution < 1.29 is 14.3 Å². The van der Waals surface area contributed by atoms with E-state index in [1.54, 1.807) is 25.2 Å². The Morgan fingerprint density at radius 1 is 1.20 bits per heavy atom. The highest BCUT2D eigenvalue weighted by atomic mass is 16.5. The number of nitrogens with zero attached hydrogens (tertiary/aromatic N) is 3. The minimum atomic E-state index is -0.469. The van der Waals surface area contributed by atoms with E-state index in [0.29, 0.717) is 17.2 Å². The highest BCUT2D eigenvalue weighted by Crippen LogP contribution is 2.28. The van der Waals surface area contributed by atoms with Crippen LogP contribution in [0.25, 0.3) is 5.69 Å². The molecule has 0 N–H and O–H groups in total. The fourth-order valence-electron chi connectivity index (χ4n) is 3.95. The molecule has 2 aromatic carbocycles. The van der Waals surface area contributed by atoms with Gasteiger partial charge in [0, 0.05) is 7.05 Å². The van der Waals surface area contributed by atoms with Gasteiger partial charge in [-0.15, -0.1) is 0 Å². The normalized spacial score (nSPS) is 14.0. The lowest BCUT2D eigenvalue weighted by atomic mass is 9.92. The molecule has 30 heavy (non-hydrogen) atoms. The third-order valence-corrected chi connectivity index (χ3v) is 5.53. The first-order chi connectivity index (χ1) is 14.5. The molecule has 2 heterocycles. The molecule has 154 valence electrons. The zero-order chi connectivity index (χ0) is 21.3. The number of ether oxygens (including phenoxy) is 1. The Hall–Kier alpha value is -3.41. The van der Waals surface area contributed by atoms with Crippen LogP contribution in [0.15, 0.2) is 54.9 Å². The van der Waals surface area contributed by atoms with E-state index in [1.807, 2.05) is 41.0 Å². The number of carbonyl (C=O) groups is 2. The van der Waals surface area contributed by atoms with Crippen molar-refractivity contribution in [2.45, 2.75) is 32.7 Å². The van der Waals surface area contributed by atoms with Gasteiger partial charge in [0.1, 0.15) is 6.33 Å². The summed E-state index contributed by atoms with van der Waals surface area (Å²) in [4.78, 5) is 31.3. The molecule has 1 aliphatic heterocycles. The van der Waals surface area contributed by atoms with Gasteiger partial charge < -0.3 is 9.64 Å². The van der Waals surface area contributed by atoms with Crippen LogP contribution in [0.5, 0.6) is 0 Å². The topological polar surface area (TPSA) is 64.4 Å². The van der Waals surface area contributed by atoms with Gasteiger partial charge in [-0.2, -0.15) is 0 Å². The van der Waals surface area contributed by atoms with Gasteiger partial charge in [0.2, 0.25) is 0 Å². The number of hydrogen-bond donors (Lipinski definition) is 0. The highest BCUT2D eigenvalue weighted by molar-refractivity contribution is 5.99. The van der Waals surface area contributed by atoms with Gasteiger partial charge in [0.15, 0.2) is 5.69 Å². The minimum absolute atomic E-state index is 0.0716. The number of hydrogen-bond acceptors (Lipinski definition) is 4. The standard InChI is InChI=1S/C24H25N3O3/c1-4-30-24(29)22-21-14-26(3)23(28)19-13-17(10-11-20(19)27(21)15-25-22)12-16(2)18-8-6-5-7-9-18/h5-11,13,15-16H,4,12,14H2,1-3H3. The summed E-state index contributed by atoms with van der Waals surface area (Å²) in [6.45, 7) is 4.51. The van der Waals surface area contributed by atoms with E-state index >= 15 is 0 Å². The highest BCUT2D eigenvalue weighted by Gasteiger charge is 2.29. The Morgan fingerprint density at radius 3 is 2.70 bits per heavy atom. The van der Waals surface area contributed by atoms with Crippen molar-refractivity contribution in [2.75, 3.05) is 13.7 Å². The SMILES string of the molecule is CCOC(=O)c1ncn2c1CN(C)C(=O)c1cc(CC(C)c3ccccc3)ccc1-2. The van der Waals surface area contributed by atoms with E-state index in [0.717, 1.165) is 17.7 Å². The predicted octanol–water partition coefficient (Wildman–Crippen LogP) is 3.98. The first-order valence-corrected chi connectivity index (χ1v) is 10.2. The van der Waals surface area contributed by atoms with Crippen LogP contribution in [-0.2, 0) is 17.7 Å². The van der Waals surface area contributed by atoms with Crippen molar-refractivity contribution in [1.82, 2.24) is 14.5 Å². The maximum absolute atomic E-state index is 13.1. The molecule has 0 saturated heterocycles. The molecule has 4 rings (SSSR count). The van der Waals surface area contributed by atoms with Crippen LogP contribution in [0.2, 0.25) is 0 Å². The Labute approximate surface area is 176 Å². The van der Waals surface area contributed by atoms with Crippen LogP contribution in [0.1, 0.15) is 57.4 Å². The third-order valence-electron chi connectivity index (χ3n) is 5.53. The molecule has 6 nitrogen and oxygen atoms in total. The van der Waals surface area contributed by atoms with Crippen molar-refractivity contribution in [2.24, 2.45) is 0 Å². The summed E-state index contributed by atoms with van der Waals surface area (Å²) in [6, 6.07) is 16.3. The van der Waals surface area contributed by atoms with Crippen LogP contribution in [0.4, 0.5) is 0 Å². The van der Waals surface area contributed by atoms with Gasteiger partial charge in [-0.05, 0) is 42.5 Å². The van der Waals surface area contributed by atoms with Crippen LogP contribution >= 0.6 is 0 Å². The molecule has 6 heteroatoms. The summed E-state index contributed by atoms with van der Waals surface area (Å²) in [5.41, 5.74) is 4.63. The Kier molecular flexibility index (Phi) is 5.40. The first-order valence-electron chi connectivity index (χ1n) is 10.2. The van der Waals surface area contributed by atoms with E-state index < -0.39 is 5.97 Å². The van der Waals surface area contributed by atoms with Gasteiger partial charge in [0.25, 0.3) is 5.91 Å². The number of esters is 1. The van der Waals surface area contributed by atoms with Gasteiger partial charge in [0.05, 0.1) is 30.1 Å². The summed E-state index contributed by atoms with van der Waals surface area (Å²) in [7, 11) is 1.74. The molecule has 0 saturated carbocycles. The van der Waals surface area contributed by atoms with E-state index in [2.05, 4.69) is 24.0 Å². The lowest BCUT2D eigenvalue weighted by Crippen LogP contribution is -2.26. The Balaban J connectivity index is 1.71. The number of aromatic nitrogens is 2. The maximum Gasteiger partial charge on any atom is 0.358 e. The van der Waals surface area contributed by atoms with Crippen LogP contribution in [0, 0.1) is 0 Å². The fraction of sp³-hybridized carbons (Fsp3) is 0.292. The van der Waals surface area contributed by atoms with Gasteiger partial charge in [-0.25, -0.2) is 9.78 Å². The number of imidazole rings is 1. The summed E-state index contributed by atoms with van der Waals surface area (Å²) in [6.07, 6.45) is 2.43. The molecule has 0 fully saturated rings. The molecule has 0 bridgehead atoms. The Morgan fingerprint density at radius 2 is 1.97 bits per heavy atom. The quantitative estimate of drug-likeness (QED) is 0.605. The van der Waals surface area contributed by atoms with E-state index in [9.17, 15) is 9.59 Å². The molecule has 1 unspecified atom stereocenters. The molecule has 0 aliphatic carbocycles. The molecular weight excluding hydrogens is 378 g/mol. The third kappa shape index (κ3) is 3.61. The lowest BCUT2D eigenvalue weighted by Gasteiger charge is -2.16. The average Bonchev–Trinajstić information content (AvgIpc) is 3.13. The van der Waals surface area contributed by atoms with Gasteiger partial charge >= 0.3 is 5.97 Å². The predicted molar refractivity (Wildman–Crippen MR) is 114 cm³/mol. The van der Waals surface area contributed by atoms with Crippen molar-refractivity contribution in [3.05, 3.63) is 82.9 Å². The minimum Gasteiger partial charge on any atom is -0.461 e. The average molecular weight is 403 g/mol. The number of benzene rings is 2. The molecule has 1 aromatic heterocycles. The van der Waals surface area contributed by atoms with Crippen molar-refractivity contribution >= 4 is 11.9 Å². The van der Waals surface area contributed by atoms with Gasteiger partial charge in [-0.1, -0.05) is 43.3 Å². The first kappa shape index (κ1) is 19.9. The second-order valence-corrected chi connectivity index (χ2v) is 7.66. The smallest absolute Gasteiger partial charge is 0.358 e. The summed E-state index contributed by atoms with van der Waals surface area (Å²) in [5.74, 6) is -0.205. The molecular formula is C24H25N3O3. The summed E-state index contributed by atoms with van der Waals surface area (Å²) in [5, 5.41) is 0. The molecule has 0 radical (unpaired) electrons. The zero-order valence-corrected chi connectivity index (χ0v) is 17.5. The van der Waals surface area contributed by atoms with Crippen LogP contribution in [0.3, 0.4) is 0 Å². The van der Waals surface area contributed by atoms with E-state index in [-0.39, 0.29) is 24.8 Å². The van der Waals surface area contributed by atoms with Crippen molar-refractivity contribution in [1.29, 1.82) is 0 Å². The molecule has 3 aromatic rings. The molecule has 0 spiro atoms. The second kappa shape index (κ2) is 8.14. The Bertz CT molecular complexity index is 1090. The number of rotatable bonds is 5. The van der Waals surface area contributed by atoms with E-state index in [1.165, 1.54) is 5.56 Å². The molecule has 1 amide bonds. The number of carbonyl (C=O) groups excluding carboxylic acids is 2. The maximum atomic E-state index is 13.1. The lowest BCUT2D eigenvalue weighted by molar-refractivity contribution is 0.0516. The fourth-order valence-corrected chi connectivity index (χ4v) is 3.95. The molecule has 1 aliphatic rings. The van der Waals surface area contributed by atoms with Crippen molar-refractivity contribution in [3.63, 3.8) is 0 Å². The zero-order valence-electron chi connectivity index (χ0n) is 17.5. The summed E-state index contributed by atoms with van der Waals surface area (Å²) >= 11 is 0. The molecule has 1 atom stereocenters. The van der Waals surface area contributed by atoms with Crippen LogP contribution < -0.4 is 0 Å². The number of fused-ring (bicyclic) bond motifs is 3. The largest absolute Gasteiger partial charge is 0.461 e. The van der Waals surface area contributed by atoms with Crippen LogP contribution in [-0.4, -0.2) is 40.0 Å². The van der Waals surface area contributed by atoms with E-state index in [4.69, 9.17) is 4.74 Å². The number of amides is 1. The van der Waals surface area contributed by atoms with Gasteiger partial charge in [-0.3, -0.25) is 9.36 Å². The second-order valence-electron chi connectivity index (χ2n) is 7.66.